The van der Waals surface area contributed by atoms with Crippen LogP contribution in [0.4, 0.5) is 0 Å². The van der Waals surface area contributed by atoms with Crippen LogP contribution >= 0.6 is 0 Å². The molecule has 0 aliphatic rings. The van der Waals surface area contributed by atoms with Crippen LogP contribution in [0.15, 0.2) is 0 Å². The minimum atomic E-state index is 0.844. The van der Waals surface area contributed by atoms with Gasteiger partial charge < -0.3 is 0 Å². The zero-order valence-corrected chi connectivity index (χ0v) is 10.4. The molecule has 0 heterocycles. The smallest absolute Gasteiger partial charge is 0.0861 e. The summed E-state index contributed by atoms with van der Waals surface area (Å²) in [6.07, 6.45) is 4.11. The topological polar surface area (TPSA) is 0 Å². The summed E-state index contributed by atoms with van der Waals surface area (Å²) in [4.78, 5) is 0. The van der Waals surface area contributed by atoms with E-state index in [1.807, 2.05) is 0 Å². The van der Waals surface area contributed by atoms with E-state index < -0.39 is 0 Å². The minimum Gasteiger partial charge on any atom is -0.0861 e. The van der Waals surface area contributed by atoms with E-state index in [0.29, 0.717) is 0 Å². The Morgan fingerprint density at radius 3 is 1.85 bits per heavy atom. The lowest BCUT2D eigenvalue weighted by Crippen LogP contribution is -2.25. The van der Waals surface area contributed by atoms with Crippen LogP contribution in [-0.2, 0) is 0 Å². The van der Waals surface area contributed by atoms with Gasteiger partial charge in [0.05, 0.1) is 0 Å². The van der Waals surface area contributed by atoms with Gasteiger partial charge >= 0.3 is 0 Å². The summed E-state index contributed by atoms with van der Waals surface area (Å²) < 4.78 is 0. The van der Waals surface area contributed by atoms with E-state index in [2.05, 4.69) is 41.3 Å². The predicted molar refractivity (Wildman–Crippen MR) is 64.8 cm³/mol. The van der Waals surface area contributed by atoms with Crippen molar-refractivity contribution in [2.75, 3.05) is 0 Å². The Balaban J connectivity index is 4.30. The normalized spacial score (nSPS) is 15.9. The fourth-order valence-corrected chi connectivity index (χ4v) is 2.90. The molecule has 13 heavy (non-hydrogen) atoms. The van der Waals surface area contributed by atoms with Crippen molar-refractivity contribution >= 4 is 6.71 Å². The van der Waals surface area contributed by atoms with Crippen molar-refractivity contribution < 1.29 is 0 Å². The molecule has 0 radical (unpaired) electrons. The maximum absolute atomic E-state index is 2.38. The Morgan fingerprint density at radius 2 is 1.62 bits per heavy atom. The van der Waals surface area contributed by atoms with Gasteiger partial charge in [-0.25, -0.2) is 0 Å². The monoisotopic (exact) mass is 182 g/mol. The van der Waals surface area contributed by atoms with Crippen LogP contribution in [0.3, 0.4) is 0 Å². The molecule has 0 spiro atoms. The summed E-state index contributed by atoms with van der Waals surface area (Å²) in [6, 6.07) is 0. The molecule has 78 valence electrons. The second-order valence-corrected chi connectivity index (χ2v) is 5.02. The predicted octanol–water partition coefficient (Wildman–Crippen LogP) is 4.59. The summed E-state index contributed by atoms with van der Waals surface area (Å²) in [5, 5.41) is 0. The Labute approximate surface area is 85.6 Å². The minimum absolute atomic E-state index is 0.844. The molecule has 0 amide bonds. The first-order valence-corrected chi connectivity index (χ1v) is 6.04. The van der Waals surface area contributed by atoms with Gasteiger partial charge in [-0.15, -0.1) is 0 Å². The maximum atomic E-state index is 2.38. The van der Waals surface area contributed by atoms with E-state index in [9.17, 15) is 0 Å². The molecule has 2 unspecified atom stereocenters. The van der Waals surface area contributed by atoms with Crippen LogP contribution < -0.4 is 0 Å². The fourth-order valence-electron chi connectivity index (χ4n) is 2.90. The number of hydrogen-bond donors (Lipinski definition) is 0. The van der Waals surface area contributed by atoms with Crippen LogP contribution in [0.25, 0.3) is 0 Å². The highest BCUT2D eigenvalue weighted by Gasteiger charge is 2.26. The summed E-state index contributed by atoms with van der Waals surface area (Å²) in [5.74, 6) is 2.71. The molecule has 0 aromatic rings. The van der Waals surface area contributed by atoms with Gasteiger partial charge in [0.25, 0.3) is 0 Å². The highest BCUT2D eigenvalue weighted by atomic mass is 14.2. The van der Waals surface area contributed by atoms with E-state index in [1.165, 1.54) is 19.3 Å². The van der Waals surface area contributed by atoms with E-state index in [1.54, 1.807) is 0 Å². The average Bonchev–Trinajstić information content (AvgIpc) is 2.02. The third-order valence-corrected chi connectivity index (χ3v) is 3.27. The Morgan fingerprint density at radius 1 is 1.08 bits per heavy atom. The average molecular weight is 182 g/mol. The molecular weight excluding hydrogens is 155 g/mol. The highest BCUT2D eigenvalue weighted by molar-refractivity contribution is 6.57. The SMILES string of the molecule is CCCC(CC)C(B(C)C)C(C)C. The molecule has 0 saturated carbocycles. The van der Waals surface area contributed by atoms with E-state index in [4.69, 9.17) is 0 Å². The molecule has 0 nitrogen and oxygen atoms in total. The van der Waals surface area contributed by atoms with Gasteiger partial charge in [-0.1, -0.05) is 72.3 Å². The Kier molecular flexibility index (Phi) is 6.54. The number of hydrogen-bond acceptors (Lipinski definition) is 0. The molecule has 0 fully saturated rings. The molecular formula is C12H27B. The van der Waals surface area contributed by atoms with Crippen LogP contribution in [0, 0.1) is 11.8 Å². The summed E-state index contributed by atoms with van der Waals surface area (Å²) in [7, 11) is 0. The molecule has 0 bridgehead atoms. The zero-order chi connectivity index (χ0) is 10.4. The second kappa shape index (κ2) is 6.51. The van der Waals surface area contributed by atoms with Gasteiger partial charge in [-0.3, -0.25) is 0 Å². The van der Waals surface area contributed by atoms with Crippen molar-refractivity contribution in [3.8, 4) is 0 Å². The van der Waals surface area contributed by atoms with Crippen molar-refractivity contribution in [1.82, 2.24) is 0 Å². The molecule has 0 aromatic heterocycles. The van der Waals surface area contributed by atoms with Gasteiger partial charge in [-0.05, 0) is 5.92 Å². The Hall–Kier alpha value is 0.0649. The molecule has 1 heteroatoms. The fraction of sp³-hybridized carbons (Fsp3) is 1.00. The first-order chi connectivity index (χ1) is 6.04. The van der Waals surface area contributed by atoms with Crippen molar-refractivity contribution in [2.45, 2.75) is 66.4 Å². The lowest BCUT2D eigenvalue weighted by molar-refractivity contribution is 0.367. The third-order valence-electron chi connectivity index (χ3n) is 3.27. The lowest BCUT2D eigenvalue weighted by atomic mass is 9.39. The molecule has 0 aliphatic carbocycles. The van der Waals surface area contributed by atoms with Gasteiger partial charge in [0.15, 0.2) is 0 Å². The van der Waals surface area contributed by atoms with Crippen molar-refractivity contribution in [1.29, 1.82) is 0 Å². The summed E-state index contributed by atoms with van der Waals surface area (Å²) in [5.41, 5.74) is 0. The van der Waals surface area contributed by atoms with Gasteiger partial charge in [0.1, 0.15) is 6.71 Å². The molecule has 0 aromatic carbocycles. The van der Waals surface area contributed by atoms with Crippen LogP contribution in [-0.4, -0.2) is 6.71 Å². The molecule has 0 aliphatic heterocycles. The van der Waals surface area contributed by atoms with Crippen LogP contribution in [0.5, 0.6) is 0 Å². The van der Waals surface area contributed by atoms with Crippen LogP contribution in [0.1, 0.15) is 47.0 Å². The largest absolute Gasteiger partial charge is 0.137 e. The maximum Gasteiger partial charge on any atom is 0.137 e. The molecule has 0 N–H and O–H groups in total. The number of rotatable bonds is 6. The summed E-state index contributed by atoms with van der Waals surface area (Å²) in [6.45, 7) is 15.0. The molecule has 0 rings (SSSR count). The van der Waals surface area contributed by atoms with Crippen LogP contribution in [0.2, 0.25) is 19.5 Å². The molecule has 0 saturated heterocycles. The quantitative estimate of drug-likeness (QED) is 0.527. The standard InChI is InChI=1S/C12H27B/c1-7-9-11(8-2)12(10(3)4)13(5)6/h10-12H,7-9H2,1-6H3. The van der Waals surface area contributed by atoms with E-state index >= 15 is 0 Å². The van der Waals surface area contributed by atoms with Crippen molar-refractivity contribution in [3.63, 3.8) is 0 Å². The van der Waals surface area contributed by atoms with Gasteiger partial charge in [-0.2, -0.15) is 0 Å². The first kappa shape index (κ1) is 13.1. The first-order valence-electron chi connectivity index (χ1n) is 6.04. The second-order valence-electron chi connectivity index (χ2n) is 5.02. The van der Waals surface area contributed by atoms with E-state index in [0.717, 1.165) is 24.4 Å². The highest BCUT2D eigenvalue weighted by Crippen LogP contribution is 2.35. The van der Waals surface area contributed by atoms with Gasteiger partial charge in [0, 0.05) is 0 Å². The van der Waals surface area contributed by atoms with Crippen molar-refractivity contribution in [3.05, 3.63) is 0 Å². The van der Waals surface area contributed by atoms with E-state index in [-0.39, 0.29) is 0 Å². The molecule has 2 atom stereocenters. The third kappa shape index (κ3) is 4.20. The lowest BCUT2D eigenvalue weighted by Gasteiger charge is -2.31. The van der Waals surface area contributed by atoms with Crippen molar-refractivity contribution in [2.24, 2.45) is 11.8 Å². The van der Waals surface area contributed by atoms with Gasteiger partial charge in [0.2, 0.25) is 0 Å². The zero-order valence-electron chi connectivity index (χ0n) is 10.4. The Bertz CT molecular complexity index is 110. The summed E-state index contributed by atoms with van der Waals surface area (Å²) >= 11 is 0.